The Bertz CT molecular complexity index is 368. The number of carboxylic acids is 1. The van der Waals surface area contributed by atoms with Crippen LogP contribution in [0.2, 0.25) is 0 Å². The molecule has 100 valence electrons. The van der Waals surface area contributed by atoms with Gasteiger partial charge >= 0.3 is 5.97 Å². The molecule has 0 aliphatic carbocycles. The molecule has 0 radical (unpaired) electrons. The minimum absolute atomic E-state index is 0.0781. The van der Waals surface area contributed by atoms with Gasteiger partial charge in [-0.2, -0.15) is 0 Å². The highest BCUT2D eigenvalue weighted by atomic mass is 16.5. The van der Waals surface area contributed by atoms with Gasteiger partial charge in [-0.25, -0.2) is 0 Å². The maximum atomic E-state index is 11.2. The van der Waals surface area contributed by atoms with Crippen LogP contribution in [0.15, 0.2) is 24.3 Å². The van der Waals surface area contributed by atoms with Gasteiger partial charge in [-0.05, 0) is 30.0 Å². The Morgan fingerprint density at radius 3 is 2.33 bits per heavy atom. The van der Waals surface area contributed by atoms with Crippen molar-refractivity contribution in [1.82, 2.24) is 0 Å². The summed E-state index contributed by atoms with van der Waals surface area (Å²) < 4.78 is 5.55. The molecule has 1 aromatic rings. The van der Waals surface area contributed by atoms with E-state index in [4.69, 9.17) is 4.74 Å². The monoisotopic (exact) mass is 250 g/mol. The molecule has 0 aromatic heterocycles. The van der Waals surface area contributed by atoms with Crippen molar-refractivity contribution < 1.29 is 14.6 Å². The van der Waals surface area contributed by atoms with Crippen LogP contribution in [0.5, 0.6) is 5.75 Å². The third-order valence-electron chi connectivity index (χ3n) is 2.94. The van der Waals surface area contributed by atoms with Crippen molar-refractivity contribution in [3.05, 3.63) is 29.8 Å². The SMILES string of the molecule is CCCCOc1ccc(C(C(=O)O)C(C)C)cc1. The molecule has 1 atom stereocenters. The molecule has 1 unspecified atom stereocenters. The predicted octanol–water partition coefficient (Wildman–Crippen LogP) is 3.69. The van der Waals surface area contributed by atoms with Crippen molar-refractivity contribution in [2.24, 2.45) is 5.92 Å². The summed E-state index contributed by atoms with van der Waals surface area (Å²) >= 11 is 0. The van der Waals surface area contributed by atoms with Crippen LogP contribution in [0.1, 0.15) is 45.1 Å². The smallest absolute Gasteiger partial charge is 0.311 e. The van der Waals surface area contributed by atoms with Crippen molar-refractivity contribution in [3.8, 4) is 5.75 Å². The molecule has 1 aromatic carbocycles. The predicted molar refractivity (Wildman–Crippen MR) is 72.1 cm³/mol. The Morgan fingerprint density at radius 2 is 1.89 bits per heavy atom. The fourth-order valence-electron chi connectivity index (χ4n) is 1.92. The van der Waals surface area contributed by atoms with Gasteiger partial charge in [0, 0.05) is 0 Å². The van der Waals surface area contributed by atoms with Gasteiger partial charge in [0.1, 0.15) is 5.75 Å². The van der Waals surface area contributed by atoms with Crippen molar-refractivity contribution >= 4 is 5.97 Å². The Balaban J connectivity index is 2.71. The summed E-state index contributed by atoms with van der Waals surface area (Å²) in [4.78, 5) is 11.2. The van der Waals surface area contributed by atoms with Crippen molar-refractivity contribution in [2.45, 2.75) is 39.5 Å². The van der Waals surface area contributed by atoms with E-state index in [1.807, 2.05) is 38.1 Å². The lowest BCUT2D eigenvalue weighted by molar-refractivity contribution is -0.139. The maximum absolute atomic E-state index is 11.2. The van der Waals surface area contributed by atoms with Crippen LogP contribution < -0.4 is 4.74 Å². The normalized spacial score (nSPS) is 12.4. The van der Waals surface area contributed by atoms with Gasteiger partial charge in [0.15, 0.2) is 0 Å². The van der Waals surface area contributed by atoms with Crippen LogP contribution in [0.3, 0.4) is 0 Å². The van der Waals surface area contributed by atoms with Crippen LogP contribution in [0.4, 0.5) is 0 Å². The number of benzene rings is 1. The van der Waals surface area contributed by atoms with E-state index in [0.29, 0.717) is 6.61 Å². The van der Waals surface area contributed by atoms with Gasteiger partial charge < -0.3 is 9.84 Å². The molecule has 0 saturated heterocycles. The minimum atomic E-state index is -0.773. The minimum Gasteiger partial charge on any atom is -0.494 e. The number of hydrogen-bond donors (Lipinski definition) is 1. The van der Waals surface area contributed by atoms with Crippen LogP contribution in [-0.2, 0) is 4.79 Å². The Hall–Kier alpha value is -1.51. The molecular weight excluding hydrogens is 228 g/mol. The summed E-state index contributed by atoms with van der Waals surface area (Å²) in [6.07, 6.45) is 2.14. The Morgan fingerprint density at radius 1 is 1.28 bits per heavy atom. The van der Waals surface area contributed by atoms with Crippen LogP contribution in [-0.4, -0.2) is 17.7 Å². The van der Waals surface area contributed by atoms with Crippen molar-refractivity contribution in [2.75, 3.05) is 6.61 Å². The van der Waals surface area contributed by atoms with E-state index >= 15 is 0 Å². The third kappa shape index (κ3) is 4.06. The Labute approximate surface area is 109 Å². The number of carbonyl (C=O) groups is 1. The second-order valence-electron chi connectivity index (χ2n) is 4.83. The first-order valence-corrected chi connectivity index (χ1v) is 6.51. The number of rotatable bonds is 7. The standard InChI is InChI=1S/C15H22O3/c1-4-5-10-18-13-8-6-12(7-9-13)14(11(2)3)15(16)17/h6-9,11,14H,4-5,10H2,1-3H3,(H,16,17). The molecule has 0 bridgehead atoms. The van der Waals surface area contributed by atoms with Gasteiger partial charge in [-0.15, -0.1) is 0 Å². The molecule has 0 heterocycles. The summed E-state index contributed by atoms with van der Waals surface area (Å²) in [6, 6.07) is 7.40. The van der Waals surface area contributed by atoms with Gasteiger partial charge in [-0.3, -0.25) is 4.79 Å². The second kappa shape index (κ2) is 7.04. The van der Waals surface area contributed by atoms with Crippen LogP contribution in [0.25, 0.3) is 0 Å². The summed E-state index contributed by atoms with van der Waals surface area (Å²) in [5, 5.41) is 9.21. The van der Waals surface area contributed by atoms with E-state index in [1.54, 1.807) is 0 Å². The summed E-state index contributed by atoms with van der Waals surface area (Å²) in [5.74, 6) is -0.339. The highest BCUT2D eigenvalue weighted by molar-refractivity contribution is 5.76. The summed E-state index contributed by atoms with van der Waals surface area (Å²) in [5.41, 5.74) is 0.834. The van der Waals surface area contributed by atoms with E-state index in [9.17, 15) is 9.90 Å². The number of hydrogen-bond acceptors (Lipinski definition) is 2. The van der Waals surface area contributed by atoms with Crippen LogP contribution in [0, 0.1) is 5.92 Å². The first-order valence-electron chi connectivity index (χ1n) is 6.51. The number of aliphatic carboxylic acids is 1. The van der Waals surface area contributed by atoms with Crippen LogP contribution >= 0.6 is 0 Å². The zero-order valence-electron chi connectivity index (χ0n) is 11.3. The van der Waals surface area contributed by atoms with Gasteiger partial charge in [-0.1, -0.05) is 39.3 Å². The van der Waals surface area contributed by atoms with E-state index in [0.717, 1.165) is 24.2 Å². The third-order valence-corrected chi connectivity index (χ3v) is 2.94. The molecule has 0 spiro atoms. The molecule has 0 fully saturated rings. The Kier molecular flexibility index (Phi) is 5.69. The number of carboxylic acid groups (broad SMARTS) is 1. The molecule has 18 heavy (non-hydrogen) atoms. The average molecular weight is 250 g/mol. The van der Waals surface area contributed by atoms with E-state index in [-0.39, 0.29) is 5.92 Å². The molecule has 3 nitrogen and oxygen atoms in total. The highest BCUT2D eigenvalue weighted by Gasteiger charge is 2.23. The van der Waals surface area contributed by atoms with E-state index < -0.39 is 11.9 Å². The topological polar surface area (TPSA) is 46.5 Å². The number of unbranched alkanes of at least 4 members (excludes halogenated alkanes) is 1. The zero-order chi connectivity index (χ0) is 13.5. The lowest BCUT2D eigenvalue weighted by Crippen LogP contribution is -2.17. The summed E-state index contributed by atoms with van der Waals surface area (Å²) in [6.45, 7) is 6.67. The molecule has 0 amide bonds. The van der Waals surface area contributed by atoms with E-state index in [2.05, 4.69) is 6.92 Å². The fraction of sp³-hybridized carbons (Fsp3) is 0.533. The zero-order valence-corrected chi connectivity index (χ0v) is 11.3. The first kappa shape index (κ1) is 14.6. The molecule has 3 heteroatoms. The first-order chi connectivity index (χ1) is 8.56. The second-order valence-corrected chi connectivity index (χ2v) is 4.83. The van der Waals surface area contributed by atoms with Gasteiger partial charge in [0.05, 0.1) is 12.5 Å². The van der Waals surface area contributed by atoms with Gasteiger partial charge in [0.25, 0.3) is 0 Å². The fourth-order valence-corrected chi connectivity index (χ4v) is 1.92. The molecule has 1 rings (SSSR count). The highest BCUT2D eigenvalue weighted by Crippen LogP contribution is 2.26. The molecule has 0 aliphatic heterocycles. The largest absolute Gasteiger partial charge is 0.494 e. The maximum Gasteiger partial charge on any atom is 0.311 e. The summed E-state index contributed by atoms with van der Waals surface area (Å²) in [7, 11) is 0. The molecule has 0 aliphatic rings. The van der Waals surface area contributed by atoms with Crippen molar-refractivity contribution in [3.63, 3.8) is 0 Å². The molecular formula is C15H22O3. The quantitative estimate of drug-likeness (QED) is 0.751. The van der Waals surface area contributed by atoms with Gasteiger partial charge in [0.2, 0.25) is 0 Å². The molecule has 1 N–H and O–H groups in total. The number of ether oxygens (including phenoxy) is 1. The lowest BCUT2D eigenvalue weighted by Gasteiger charge is -2.17. The molecule has 0 saturated carbocycles. The average Bonchev–Trinajstić information content (AvgIpc) is 2.30. The van der Waals surface area contributed by atoms with E-state index in [1.165, 1.54) is 0 Å². The lowest BCUT2D eigenvalue weighted by atomic mass is 9.88. The van der Waals surface area contributed by atoms with Crippen molar-refractivity contribution in [1.29, 1.82) is 0 Å².